The van der Waals surface area contributed by atoms with Crippen LogP contribution in [0.15, 0.2) is 10.7 Å². The van der Waals surface area contributed by atoms with Gasteiger partial charge in [-0.15, -0.1) is 0 Å². The van der Waals surface area contributed by atoms with Crippen molar-refractivity contribution in [3.05, 3.63) is 16.4 Å². The highest BCUT2D eigenvalue weighted by atomic mass is 79.9. The second-order valence-corrected chi connectivity index (χ2v) is 2.22. The molecule has 0 aliphatic heterocycles. The van der Waals surface area contributed by atoms with Crippen LogP contribution in [0.2, 0.25) is 0 Å². The highest BCUT2D eigenvalue weighted by Gasteiger charge is 1.92. The average molecular weight is 177 g/mol. The largest absolute Gasteiger partial charge is 0.390 e. The van der Waals surface area contributed by atoms with Crippen LogP contribution in [0, 0.1) is 0 Å². The molecule has 8 heavy (non-hydrogen) atoms. The molecule has 0 aromatic carbocycles. The molecule has 0 unspecified atom stereocenters. The quantitative estimate of drug-likeness (QED) is 0.661. The molecule has 4 heteroatoms. The monoisotopic (exact) mass is 176 g/mol. The molecule has 1 aromatic rings. The third-order valence-electron chi connectivity index (χ3n) is 0.762. The van der Waals surface area contributed by atoms with Crippen LogP contribution in [0.25, 0.3) is 0 Å². The van der Waals surface area contributed by atoms with E-state index >= 15 is 0 Å². The van der Waals surface area contributed by atoms with Crippen LogP contribution in [0.5, 0.6) is 0 Å². The SMILES string of the molecule is OCc1cc(Br)[nH]n1. The maximum absolute atomic E-state index is 8.45. The van der Waals surface area contributed by atoms with Gasteiger partial charge in [-0.25, -0.2) is 0 Å². The van der Waals surface area contributed by atoms with Crippen molar-refractivity contribution < 1.29 is 5.11 Å². The summed E-state index contributed by atoms with van der Waals surface area (Å²) < 4.78 is 0.793. The Balaban J connectivity index is 2.84. The Morgan fingerprint density at radius 1 is 1.88 bits per heavy atom. The van der Waals surface area contributed by atoms with E-state index in [-0.39, 0.29) is 6.61 Å². The number of aliphatic hydroxyl groups excluding tert-OH is 1. The van der Waals surface area contributed by atoms with Gasteiger partial charge in [0.05, 0.1) is 12.3 Å². The molecule has 0 saturated heterocycles. The van der Waals surface area contributed by atoms with Gasteiger partial charge >= 0.3 is 0 Å². The summed E-state index contributed by atoms with van der Waals surface area (Å²) in [5, 5.41) is 14.8. The number of aliphatic hydroxyl groups is 1. The van der Waals surface area contributed by atoms with E-state index in [2.05, 4.69) is 26.1 Å². The fourth-order valence-electron chi connectivity index (χ4n) is 0.417. The number of nitrogens with one attached hydrogen (secondary N) is 1. The maximum Gasteiger partial charge on any atom is 0.101 e. The molecule has 0 saturated carbocycles. The molecule has 0 aliphatic rings. The number of H-pyrrole nitrogens is 1. The van der Waals surface area contributed by atoms with Gasteiger partial charge in [0.2, 0.25) is 0 Å². The normalized spacial score (nSPS) is 9.75. The van der Waals surface area contributed by atoms with Crippen LogP contribution in [0.4, 0.5) is 0 Å². The zero-order chi connectivity index (χ0) is 5.98. The molecule has 0 spiro atoms. The van der Waals surface area contributed by atoms with Gasteiger partial charge in [-0.05, 0) is 22.0 Å². The Morgan fingerprint density at radius 2 is 2.62 bits per heavy atom. The minimum atomic E-state index is -0.0118. The van der Waals surface area contributed by atoms with Crippen molar-refractivity contribution >= 4 is 15.9 Å². The lowest BCUT2D eigenvalue weighted by Crippen LogP contribution is -1.79. The van der Waals surface area contributed by atoms with Gasteiger partial charge in [-0.3, -0.25) is 5.10 Å². The molecule has 2 N–H and O–H groups in total. The second-order valence-electron chi connectivity index (χ2n) is 1.37. The summed E-state index contributed by atoms with van der Waals surface area (Å²) in [7, 11) is 0. The Bertz CT molecular complexity index is 174. The molecule has 0 atom stereocenters. The van der Waals surface area contributed by atoms with E-state index in [1.807, 2.05) is 0 Å². The van der Waals surface area contributed by atoms with E-state index < -0.39 is 0 Å². The highest BCUT2D eigenvalue weighted by Crippen LogP contribution is 2.05. The predicted molar refractivity (Wildman–Crippen MR) is 32.2 cm³/mol. The molecule has 0 amide bonds. The standard InChI is InChI=1S/C4H5BrN2O/c5-4-1-3(2-8)6-7-4/h1,8H,2H2,(H,6,7). The highest BCUT2D eigenvalue weighted by molar-refractivity contribution is 9.10. The maximum atomic E-state index is 8.45. The smallest absolute Gasteiger partial charge is 0.101 e. The average Bonchev–Trinajstić information content (AvgIpc) is 2.14. The minimum absolute atomic E-state index is 0.0118. The van der Waals surface area contributed by atoms with Crippen LogP contribution < -0.4 is 0 Å². The van der Waals surface area contributed by atoms with E-state index in [0.29, 0.717) is 5.69 Å². The summed E-state index contributed by atoms with van der Waals surface area (Å²) >= 11 is 3.14. The van der Waals surface area contributed by atoms with Crippen molar-refractivity contribution in [1.82, 2.24) is 10.2 Å². The Labute approximate surface area is 54.9 Å². The third kappa shape index (κ3) is 1.08. The first-order valence-electron chi connectivity index (χ1n) is 2.13. The zero-order valence-corrected chi connectivity index (χ0v) is 5.64. The Hall–Kier alpha value is -0.350. The number of nitrogens with zero attached hydrogens (tertiary/aromatic N) is 1. The summed E-state index contributed by atoms with van der Waals surface area (Å²) in [6, 6.07) is 1.72. The first-order chi connectivity index (χ1) is 3.83. The van der Waals surface area contributed by atoms with Gasteiger partial charge in [-0.1, -0.05) is 0 Å². The number of aromatic amines is 1. The van der Waals surface area contributed by atoms with Gasteiger partial charge in [0.25, 0.3) is 0 Å². The molecule has 44 valence electrons. The van der Waals surface area contributed by atoms with Crippen molar-refractivity contribution in [1.29, 1.82) is 0 Å². The van der Waals surface area contributed by atoms with Gasteiger partial charge < -0.3 is 5.11 Å². The summed E-state index contributed by atoms with van der Waals surface area (Å²) in [6.07, 6.45) is 0. The van der Waals surface area contributed by atoms with E-state index in [0.717, 1.165) is 4.60 Å². The first-order valence-corrected chi connectivity index (χ1v) is 2.93. The van der Waals surface area contributed by atoms with Crippen molar-refractivity contribution in [3.63, 3.8) is 0 Å². The van der Waals surface area contributed by atoms with Crippen LogP contribution >= 0.6 is 15.9 Å². The van der Waals surface area contributed by atoms with Crippen molar-refractivity contribution in [2.45, 2.75) is 6.61 Å². The predicted octanol–water partition coefficient (Wildman–Crippen LogP) is 0.665. The number of aromatic nitrogens is 2. The number of hydrogen-bond acceptors (Lipinski definition) is 2. The van der Waals surface area contributed by atoms with Gasteiger partial charge in [0.1, 0.15) is 4.60 Å². The van der Waals surface area contributed by atoms with E-state index in [1.165, 1.54) is 0 Å². The Morgan fingerprint density at radius 3 is 2.88 bits per heavy atom. The van der Waals surface area contributed by atoms with Crippen molar-refractivity contribution in [2.24, 2.45) is 0 Å². The molecule has 0 aliphatic carbocycles. The van der Waals surface area contributed by atoms with Crippen molar-refractivity contribution in [2.75, 3.05) is 0 Å². The zero-order valence-electron chi connectivity index (χ0n) is 4.06. The van der Waals surface area contributed by atoms with Crippen LogP contribution in [0.3, 0.4) is 0 Å². The Kier molecular flexibility index (Phi) is 1.65. The number of hydrogen-bond donors (Lipinski definition) is 2. The third-order valence-corrected chi connectivity index (χ3v) is 1.17. The van der Waals surface area contributed by atoms with Crippen molar-refractivity contribution in [3.8, 4) is 0 Å². The second kappa shape index (κ2) is 2.28. The number of rotatable bonds is 1. The van der Waals surface area contributed by atoms with Crippen LogP contribution in [-0.4, -0.2) is 15.3 Å². The van der Waals surface area contributed by atoms with Gasteiger partial charge in [0, 0.05) is 0 Å². The van der Waals surface area contributed by atoms with Gasteiger partial charge in [-0.2, -0.15) is 5.10 Å². The van der Waals surface area contributed by atoms with E-state index in [1.54, 1.807) is 6.07 Å². The van der Waals surface area contributed by atoms with Gasteiger partial charge in [0.15, 0.2) is 0 Å². The molecular formula is C4H5BrN2O. The lowest BCUT2D eigenvalue weighted by molar-refractivity contribution is 0.276. The lowest BCUT2D eigenvalue weighted by Gasteiger charge is -1.77. The van der Waals surface area contributed by atoms with Crippen LogP contribution in [0.1, 0.15) is 5.69 Å². The topological polar surface area (TPSA) is 48.9 Å². The molecule has 1 heterocycles. The summed E-state index contributed by atoms with van der Waals surface area (Å²) in [5.74, 6) is 0. The lowest BCUT2D eigenvalue weighted by atomic mass is 10.5. The first kappa shape index (κ1) is 5.78. The summed E-state index contributed by atoms with van der Waals surface area (Å²) in [4.78, 5) is 0. The molecule has 1 rings (SSSR count). The summed E-state index contributed by atoms with van der Waals surface area (Å²) in [5.41, 5.74) is 0.650. The summed E-state index contributed by atoms with van der Waals surface area (Å²) in [6.45, 7) is -0.0118. The fourth-order valence-corrected chi connectivity index (χ4v) is 0.770. The fraction of sp³-hybridized carbons (Fsp3) is 0.250. The van der Waals surface area contributed by atoms with E-state index in [4.69, 9.17) is 5.11 Å². The molecule has 1 aromatic heterocycles. The molecule has 3 nitrogen and oxygen atoms in total. The molecule has 0 bridgehead atoms. The van der Waals surface area contributed by atoms with Crippen LogP contribution in [-0.2, 0) is 6.61 Å². The molecule has 0 radical (unpaired) electrons. The number of halogens is 1. The molecular weight excluding hydrogens is 172 g/mol. The molecule has 0 fully saturated rings. The van der Waals surface area contributed by atoms with E-state index in [9.17, 15) is 0 Å². The minimum Gasteiger partial charge on any atom is -0.390 e.